The van der Waals surface area contributed by atoms with E-state index in [4.69, 9.17) is 11.6 Å². The standard InChI is InChI=1S/C13H25ClO/c1-3-5-6-7-8-9-10-11-13(15)12(14)4-2/h12H,3-11H2,1-2H3. The van der Waals surface area contributed by atoms with Gasteiger partial charge >= 0.3 is 0 Å². The predicted molar refractivity (Wildman–Crippen MR) is 67.5 cm³/mol. The van der Waals surface area contributed by atoms with Crippen LogP contribution in [0.4, 0.5) is 0 Å². The highest BCUT2D eigenvalue weighted by Crippen LogP contribution is 2.11. The molecule has 1 atom stereocenters. The third-order valence-corrected chi connectivity index (χ3v) is 3.29. The highest BCUT2D eigenvalue weighted by molar-refractivity contribution is 6.31. The van der Waals surface area contributed by atoms with Crippen molar-refractivity contribution in [3.63, 3.8) is 0 Å². The zero-order valence-corrected chi connectivity index (χ0v) is 11.0. The first-order chi connectivity index (χ1) is 7.22. The van der Waals surface area contributed by atoms with Gasteiger partial charge in [-0.15, -0.1) is 11.6 Å². The molecule has 15 heavy (non-hydrogen) atoms. The third kappa shape index (κ3) is 8.92. The number of hydrogen-bond acceptors (Lipinski definition) is 1. The fraction of sp³-hybridized carbons (Fsp3) is 0.923. The van der Waals surface area contributed by atoms with Crippen LogP contribution < -0.4 is 0 Å². The molecule has 0 fully saturated rings. The first-order valence-corrected chi connectivity index (χ1v) is 6.82. The monoisotopic (exact) mass is 232 g/mol. The molecule has 0 saturated heterocycles. The average Bonchev–Trinajstić information content (AvgIpc) is 2.26. The van der Waals surface area contributed by atoms with Crippen molar-refractivity contribution in [3.8, 4) is 0 Å². The van der Waals surface area contributed by atoms with Crippen molar-refractivity contribution >= 4 is 17.4 Å². The molecule has 90 valence electrons. The smallest absolute Gasteiger partial charge is 0.150 e. The van der Waals surface area contributed by atoms with Gasteiger partial charge in [0.2, 0.25) is 0 Å². The van der Waals surface area contributed by atoms with E-state index >= 15 is 0 Å². The molecule has 0 saturated carbocycles. The number of hydrogen-bond donors (Lipinski definition) is 0. The van der Waals surface area contributed by atoms with Gasteiger partial charge in [0.05, 0.1) is 5.38 Å². The molecule has 0 aliphatic heterocycles. The van der Waals surface area contributed by atoms with E-state index in [1.165, 1.54) is 38.5 Å². The van der Waals surface area contributed by atoms with Crippen LogP contribution in [-0.2, 0) is 4.79 Å². The molecule has 1 nitrogen and oxygen atoms in total. The molecule has 2 heteroatoms. The van der Waals surface area contributed by atoms with Crippen molar-refractivity contribution in [2.45, 2.75) is 77.0 Å². The van der Waals surface area contributed by atoms with Gasteiger partial charge in [0.1, 0.15) is 0 Å². The second-order valence-corrected chi connectivity index (χ2v) is 4.74. The van der Waals surface area contributed by atoms with Gasteiger partial charge in [-0.25, -0.2) is 0 Å². The van der Waals surface area contributed by atoms with Gasteiger partial charge in [-0.2, -0.15) is 0 Å². The lowest BCUT2D eigenvalue weighted by Crippen LogP contribution is -2.12. The molecule has 0 aromatic carbocycles. The first kappa shape index (κ1) is 15.0. The summed E-state index contributed by atoms with van der Waals surface area (Å²) in [6, 6.07) is 0. The van der Waals surface area contributed by atoms with Gasteiger partial charge in [0.15, 0.2) is 5.78 Å². The predicted octanol–water partition coefficient (Wildman–Crippen LogP) is 4.71. The Kier molecular flexibility index (Phi) is 10.4. The highest BCUT2D eigenvalue weighted by Gasteiger charge is 2.11. The second kappa shape index (κ2) is 10.5. The van der Waals surface area contributed by atoms with E-state index in [0.29, 0.717) is 6.42 Å². The summed E-state index contributed by atoms with van der Waals surface area (Å²) in [7, 11) is 0. The van der Waals surface area contributed by atoms with Crippen LogP contribution in [0.15, 0.2) is 0 Å². The van der Waals surface area contributed by atoms with E-state index < -0.39 is 0 Å². The average molecular weight is 233 g/mol. The molecule has 0 aliphatic rings. The minimum Gasteiger partial charge on any atom is -0.298 e. The van der Waals surface area contributed by atoms with Crippen LogP contribution in [-0.4, -0.2) is 11.2 Å². The van der Waals surface area contributed by atoms with E-state index in [2.05, 4.69) is 6.92 Å². The van der Waals surface area contributed by atoms with Crippen LogP contribution in [0.25, 0.3) is 0 Å². The van der Waals surface area contributed by atoms with Crippen LogP contribution in [0.1, 0.15) is 71.6 Å². The van der Waals surface area contributed by atoms with Crippen LogP contribution >= 0.6 is 11.6 Å². The van der Waals surface area contributed by atoms with Crippen molar-refractivity contribution in [3.05, 3.63) is 0 Å². The molecule has 0 N–H and O–H groups in total. The molecule has 0 bridgehead atoms. The largest absolute Gasteiger partial charge is 0.298 e. The van der Waals surface area contributed by atoms with Crippen LogP contribution in [0.2, 0.25) is 0 Å². The Morgan fingerprint density at radius 1 is 1.00 bits per heavy atom. The zero-order valence-electron chi connectivity index (χ0n) is 10.2. The fourth-order valence-electron chi connectivity index (χ4n) is 1.64. The van der Waals surface area contributed by atoms with Crippen molar-refractivity contribution < 1.29 is 4.79 Å². The lowest BCUT2D eigenvalue weighted by atomic mass is 10.1. The van der Waals surface area contributed by atoms with E-state index in [-0.39, 0.29) is 11.2 Å². The lowest BCUT2D eigenvalue weighted by molar-refractivity contribution is -0.118. The van der Waals surface area contributed by atoms with Gasteiger partial charge < -0.3 is 0 Å². The maximum atomic E-state index is 11.4. The molecule has 0 aromatic heterocycles. The molecule has 1 unspecified atom stereocenters. The Bertz CT molecular complexity index is 157. The van der Waals surface area contributed by atoms with Crippen molar-refractivity contribution in [2.24, 2.45) is 0 Å². The maximum Gasteiger partial charge on any atom is 0.150 e. The summed E-state index contributed by atoms with van der Waals surface area (Å²) < 4.78 is 0. The number of Topliss-reactive ketones (excluding diaryl/α,β-unsaturated/α-hetero) is 1. The number of rotatable bonds is 10. The normalized spacial score (nSPS) is 12.7. The Morgan fingerprint density at radius 3 is 2.07 bits per heavy atom. The molecule has 0 spiro atoms. The molecular formula is C13H25ClO. The molecular weight excluding hydrogens is 208 g/mol. The summed E-state index contributed by atoms with van der Waals surface area (Å²) in [4.78, 5) is 11.4. The Labute approximate surface area is 99.6 Å². The van der Waals surface area contributed by atoms with Crippen molar-refractivity contribution in [1.29, 1.82) is 0 Å². The molecule has 0 amide bonds. The molecule has 0 aromatic rings. The van der Waals surface area contributed by atoms with E-state index in [1.54, 1.807) is 0 Å². The van der Waals surface area contributed by atoms with E-state index in [9.17, 15) is 4.79 Å². The maximum absolute atomic E-state index is 11.4. The van der Waals surface area contributed by atoms with Gasteiger partial charge in [-0.1, -0.05) is 52.4 Å². The summed E-state index contributed by atoms with van der Waals surface area (Å²) in [6.07, 6.45) is 10.2. The summed E-state index contributed by atoms with van der Waals surface area (Å²) in [5.74, 6) is 0.229. The quantitative estimate of drug-likeness (QED) is 0.394. The molecule has 0 heterocycles. The minimum atomic E-state index is -0.245. The van der Waals surface area contributed by atoms with E-state index in [1.807, 2.05) is 6.92 Å². The Morgan fingerprint density at radius 2 is 1.53 bits per heavy atom. The van der Waals surface area contributed by atoms with Crippen molar-refractivity contribution in [1.82, 2.24) is 0 Å². The topological polar surface area (TPSA) is 17.1 Å². The minimum absolute atomic E-state index is 0.229. The number of carbonyl (C=O) groups excluding carboxylic acids is 1. The fourth-order valence-corrected chi connectivity index (χ4v) is 1.75. The third-order valence-electron chi connectivity index (χ3n) is 2.73. The Hall–Kier alpha value is -0.0400. The van der Waals surface area contributed by atoms with E-state index in [0.717, 1.165) is 12.8 Å². The molecule has 0 radical (unpaired) electrons. The number of ketones is 1. The Balaban J connectivity index is 3.20. The summed E-state index contributed by atoms with van der Waals surface area (Å²) >= 11 is 5.85. The number of unbranched alkanes of at least 4 members (excludes halogenated alkanes) is 6. The number of alkyl halides is 1. The lowest BCUT2D eigenvalue weighted by Gasteiger charge is -2.05. The number of halogens is 1. The summed E-state index contributed by atoms with van der Waals surface area (Å²) in [5, 5.41) is -0.245. The molecule has 0 aliphatic carbocycles. The second-order valence-electron chi connectivity index (χ2n) is 4.21. The highest BCUT2D eigenvalue weighted by atomic mass is 35.5. The zero-order chi connectivity index (χ0) is 11.5. The van der Waals surface area contributed by atoms with Gasteiger partial charge in [0.25, 0.3) is 0 Å². The summed E-state index contributed by atoms with van der Waals surface area (Å²) in [5.41, 5.74) is 0. The number of carbonyl (C=O) groups is 1. The first-order valence-electron chi connectivity index (χ1n) is 6.39. The SMILES string of the molecule is CCCCCCCCCC(=O)C(Cl)CC. The van der Waals surface area contributed by atoms with Crippen LogP contribution in [0.3, 0.4) is 0 Å². The summed E-state index contributed by atoms with van der Waals surface area (Å²) in [6.45, 7) is 4.18. The van der Waals surface area contributed by atoms with Gasteiger partial charge in [-0.05, 0) is 12.8 Å². The van der Waals surface area contributed by atoms with Crippen LogP contribution in [0, 0.1) is 0 Å². The van der Waals surface area contributed by atoms with Crippen LogP contribution in [0.5, 0.6) is 0 Å². The molecule has 0 rings (SSSR count). The van der Waals surface area contributed by atoms with Gasteiger partial charge in [-0.3, -0.25) is 4.79 Å². The van der Waals surface area contributed by atoms with Crippen molar-refractivity contribution in [2.75, 3.05) is 0 Å². The van der Waals surface area contributed by atoms with Gasteiger partial charge in [0, 0.05) is 6.42 Å².